The number of rotatable bonds is 6. The van der Waals surface area contributed by atoms with Crippen molar-refractivity contribution in [1.82, 2.24) is 9.88 Å². The highest BCUT2D eigenvalue weighted by atomic mass is 16.1. The summed E-state index contributed by atoms with van der Waals surface area (Å²) in [6.07, 6.45) is 6.52. The molecule has 0 N–H and O–H groups in total. The molecule has 2 heterocycles. The Morgan fingerprint density at radius 3 is 2.39 bits per heavy atom. The molecule has 120 valence electrons. The number of likely N-dealkylation sites (tertiary alicyclic amines) is 1. The highest BCUT2D eigenvalue weighted by Gasteiger charge is 2.11. The number of nitrogens with zero attached hydrogens (tertiary/aromatic N) is 2. The molecule has 2 aromatic rings. The molecule has 1 aromatic heterocycles. The Hall–Kier alpha value is -2.00. The van der Waals surface area contributed by atoms with Gasteiger partial charge in [0.1, 0.15) is 0 Å². The summed E-state index contributed by atoms with van der Waals surface area (Å²) >= 11 is 0. The van der Waals surface area contributed by atoms with E-state index in [2.05, 4.69) is 9.88 Å². The first-order chi connectivity index (χ1) is 11.2. The highest BCUT2D eigenvalue weighted by Crippen LogP contribution is 2.12. The minimum absolute atomic E-state index is 0.0427. The number of ketones is 1. The van der Waals surface area contributed by atoms with Crippen LogP contribution in [0.3, 0.4) is 0 Å². The minimum Gasteiger partial charge on any atom is -0.303 e. The van der Waals surface area contributed by atoms with Crippen molar-refractivity contribution in [3.05, 3.63) is 65.0 Å². The van der Waals surface area contributed by atoms with Crippen molar-refractivity contribution < 1.29 is 4.79 Å². The molecule has 0 unspecified atom stereocenters. The van der Waals surface area contributed by atoms with Crippen LogP contribution in [-0.4, -0.2) is 35.3 Å². The van der Waals surface area contributed by atoms with Gasteiger partial charge in [-0.3, -0.25) is 9.78 Å². The lowest BCUT2D eigenvalue weighted by Gasteiger charge is -2.13. The van der Waals surface area contributed by atoms with Gasteiger partial charge in [-0.25, -0.2) is 0 Å². The lowest BCUT2D eigenvalue weighted by atomic mass is 10.0. The number of hydrogen-bond acceptors (Lipinski definition) is 3. The van der Waals surface area contributed by atoms with Crippen LogP contribution in [0, 0.1) is 6.92 Å². The summed E-state index contributed by atoms with van der Waals surface area (Å²) in [4.78, 5) is 19.4. The summed E-state index contributed by atoms with van der Waals surface area (Å²) in [5.41, 5.74) is 3.62. The van der Waals surface area contributed by atoms with E-state index < -0.39 is 0 Å². The molecule has 0 radical (unpaired) electrons. The van der Waals surface area contributed by atoms with Gasteiger partial charge in [0.2, 0.25) is 0 Å². The quantitative estimate of drug-likeness (QED) is 0.764. The second-order valence-electron chi connectivity index (χ2n) is 6.39. The van der Waals surface area contributed by atoms with Gasteiger partial charge < -0.3 is 4.90 Å². The van der Waals surface area contributed by atoms with Crippen LogP contribution < -0.4 is 0 Å². The van der Waals surface area contributed by atoms with Crippen molar-refractivity contribution in [2.24, 2.45) is 0 Å². The molecule has 1 fully saturated rings. The molecule has 0 aliphatic carbocycles. The molecule has 3 heteroatoms. The number of benzene rings is 1. The highest BCUT2D eigenvalue weighted by molar-refractivity contribution is 6.08. The van der Waals surface area contributed by atoms with Gasteiger partial charge in [-0.2, -0.15) is 0 Å². The van der Waals surface area contributed by atoms with E-state index in [0.717, 1.165) is 36.2 Å². The molecule has 3 nitrogen and oxygen atoms in total. The van der Waals surface area contributed by atoms with Gasteiger partial charge in [-0.15, -0.1) is 0 Å². The van der Waals surface area contributed by atoms with Crippen molar-refractivity contribution in [2.45, 2.75) is 32.6 Å². The Bertz CT molecular complexity index is 640. The first kappa shape index (κ1) is 15.9. The molecule has 0 bridgehead atoms. The summed E-state index contributed by atoms with van der Waals surface area (Å²) in [5.74, 6) is 0.0427. The number of hydrogen-bond donors (Lipinski definition) is 0. The molecular weight excluding hydrogens is 284 g/mol. The Labute approximate surface area is 138 Å². The van der Waals surface area contributed by atoms with E-state index in [0.29, 0.717) is 5.56 Å². The van der Waals surface area contributed by atoms with E-state index >= 15 is 0 Å². The Balaban J connectivity index is 1.55. The van der Waals surface area contributed by atoms with E-state index in [1.807, 2.05) is 43.3 Å². The maximum absolute atomic E-state index is 12.4. The molecule has 3 rings (SSSR count). The van der Waals surface area contributed by atoms with Gasteiger partial charge in [0.15, 0.2) is 5.78 Å². The molecule has 23 heavy (non-hydrogen) atoms. The molecular formula is C20H24N2O. The van der Waals surface area contributed by atoms with E-state index in [9.17, 15) is 4.79 Å². The summed E-state index contributed by atoms with van der Waals surface area (Å²) < 4.78 is 0. The summed E-state index contributed by atoms with van der Waals surface area (Å²) in [7, 11) is 0. The largest absolute Gasteiger partial charge is 0.303 e. The molecule has 0 saturated carbocycles. The monoisotopic (exact) mass is 308 g/mol. The van der Waals surface area contributed by atoms with Gasteiger partial charge in [0.25, 0.3) is 0 Å². The van der Waals surface area contributed by atoms with E-state index in [4.69, 9.17) is 0 Å². The third-order valence-electron chi connectivity index (χ3n) is 4.51. The Kier molecular flexibility index (Phi) is 5.19. The fourth-order valence-corrected chi connectivity index (χ4v) is 3.07. The van der Waals surface area contributed by atoms with Gasteiger partial charge in [-0.1, -0.05) is 29.8 Å². The SMILES string of the molecule is Cc1ccc(C(=O)c2ccc(CCCN3CCCC3)nc2)cc1. The van der Waals surface area contributed by atoms with E-state index in [1.54, 1.807) is 6.20 Å². The van der Waals surface area contributed by atoms with Crippen molar-refractivity contribution in [2.75, 3.05) is 19.6 Å². The van der Waals surface area contributed by atoms with E-state index in [1.165, 1.54) is 25.9 Å². The van der Waals surface area contributed by atoms with Crippen LogP contribution in [0.1, 0.15) is 46.4 Å². The summed E-state index contributed by atoms with van der Waals surface area (Å²) in [6.45, 7) is 5.67. The van der Waals surface area contributed by atoms with Crippen molar-refractivity contribution in [3.63, 3.8) is 0 Å². The Morgan fingerprint density at radius 2 is 1.74 bits per heavy atom. The lowest BCUT2D eigenvalue weighted by Crippen LogP contribution is -2.20. The van der Waals surface area contributed by atoms with Crippen LogP contribution in [0.4, 0.5) is 0 Å². The lowest BCUT2D eigenvalue weighted by molar-refractivity contribution is 0.103. The zero-order valence-corrected chi connectivity index (χ0v) is 13.8. The molecule has 1 aliphatic rings. The fourth-order valence-electron chi connectivity index (χ4n) is 3.07. The second-order valence-corrected chi connectivity index (χ2v) is 6.39. The molecule has 1 saturated heterocycles. The number of pyridine rings is 1. The van der Waals surface area contributed by atoms with Gasteiger partial charge in [0.05, 0.1) is 0 Å². The average Bonchev–Trinajstić information content (AvgIpc) is 3.09. The van der Waals surface area contributed by atoms with Crippen LogP contribution in [0.25, 0.3) is 0 Å². The van der Waals surface area contributed by atoms with Gasteiger partial charge >= 0.3 is 0 Å². The number of aryl methyl sites for hydroxylation is 2. The van der Waals surface area contributed by atoms with Crippen molar-refractivity contribution >= 4 is 5.78 Å². The van der Waals surface area contributed by atoms with Crippen LogP contribution in [0.5, 0.6) is 0 Å². The normalized spacial score (nSPS) is 15.0. The maximum Gasteiger partial charge on any atom is 0.194 e. The summed E-state index contributed by atoms with van der Waals surface area (Å²) in [5, 5.41) is 0. The zero-order valence-electron chi connectivity index (χ0n) is 13.8. The first-order valence-electron chi connectivity index (χ1n) is 8.51. The number of aromatic nitrogens is 1. The average molecular weight is 308 g/mol. The van der Waals surface area contributed by atoms with Crippen LogP contribution in [0.15, 0.2) is 42.6 Å². The molecule has 0 atom stereocenters. The van der Waals surface area contributed by atoms with Crippen LogP contribution >= 0.6 is 0 Å². The second kappa shape index (κ2) is 7.51. The number of carbonyl (C=O) groups is 1. The fraction of sp³-hybridized carbons (Fsp3) is 0.400. The maximum atomic E-state index is 12.4. The Morgan fingerprint density at radius 1 is 1.04 bits per heavy atom. The smallest absolute Gasteiger partial charge is 0.194 e. The van der Waals surface area contributed by atoms with E-state index in [-0.39, 0.29) is 5.78 Å². The van der Waals surface area contributed by atoms with Crippen molar-refractivity contribution in [3.8, 4) is 0 Å². The van der Waals surface area contributed by atoms with Crippen LogP contribution in [-0.2, 0) is 6.42 Å². The van der Waals surface area contributed by atoms with Crippen molar-refractivity contribution in [1.29, 1.82) is 0 Å². The van der Waals surface area contributed by atoms with Crippen LogP contribution in [0.2, 0.25) is 0 Å². The third-order valence-corrected chi connectivity index (χ3v) is 4.51. The third kappa shape index (κ3) is 4.26. The predicted octanol–water partition coefficient (Wildman–Crippen LogP) is 3.65. The predicted molar refractivity (Wildman–Crippen MR) is 92.8 cm³/mol. The first-order valence-corrected chi connectivity index (χ1v) is 8.51. The molecule has 1 aromatic carbocycles. The van der Waals surface area contributed by atoms with Gasteiger partial charge in [-0.05, 0) is 64.4 Å². The summed E-state index contributed by atoms with van der Waals surface area (Å²) in [6, 6.07) is 11.6. The molecule has 0 amide bonds. The molecule has 1 aliphatic heterocycles. The standard InChI is InChI=1S/C20H24N2O/c1-16-6-8-17(9-7-16)20(23)18-10-11-19(21-15-18)5-4-14-22-12-2-3-13-22/h6-11,15H,2-5,12-14H2,1H3. The zero-order chi connectivity index (χ0) is 16.1. The number of carbonyl (C=O) groups excluding carboxylic acids is 1. The topological polar surface area (TPSA) is 33.2 Å². The minimum atomic E-state index is 0.0427. The molecule has 0 spiro atoms. The van der Waals surface area contributed by atoms with Gasteiger partial charge in [0, 0.05) is 23.0 Å².